The number of nitrogens with one attached hydrogen (secondary N) is 1. The number of allylic oxidation sites excluding steroid dienone is 1. The molecule has 2 aromatic carbocycles. The molecule has 0 spiro atoms. The molecular formula is C28H26F4N4O5. The van der Waals surface area contributed by atoms with E-state index in [0.29, 0.717) is 17.4 Å². The Kier molecular flexibility index (Phi) is 8.31. The van der Waals surface area contributed by atoms with Crippen molar-refractivity contribution in [3.8, 4) is 22.8 Å². The molecule has 0 radical (unpaired) electrons. The van der Waals surface area contributed by atoms with Crippen molar-refractivity contribution < 1.29 is 41.5 Å². The van der Waals surface area contributed by atoms with Gasteiger partial charge in [0.1, 0.15) is 35.4 Å². The number of halogens is 4. The number of hydrogen-bond acceptors (Lipinski definition) is 8. The van der Waals surface area contributed by atoms with Crippen LogP contribution >= 0.6 is 0 Å². The molecule has 5 N–H and O–H groups in total. The zero-order chi connectivity index (χ0) is 29.9. The summed E-state index contributed by atoms with van der Waals surface area (Å²) >= 11 is 0. The molecule has 0 bridgehead atoms. The number of nitrogens with zero attached hydrogens (tertiary/aromatic N) is 1. The zero-order valence-electron chi connectivity index (χ0n) is 21.9. The van der Waals surface area contributed by atoms with Gasteiger partial charge in [0, 0.05) is 40.6 Å². The topological polar surface area (TPSA) is 139 Å². The monoisotopic (exact) mass is 574 g/mol. The van der Waals surface area contributed by atoms with E-state index in [4.69, 9.17) is 25.9 Å². The molecule has 9 nitrogen and oxygen atoms in total. The van der Waals surface area contributed by atoms with E-state index < -0.39 is 41.7 Å². The van der Waals surface area contributed by atoms with E-state index in [0.717, 1.165) is 18.3 Å². The molecule has 2 atom stereocenters. The Labute approximate surface area is 232 Å². The molecular weight excluding hydrogens is 548 g/mol. The second-order valence-electron chi connectivity index (χ2n) is 9.38. The van der Waals surface area contributed by atoms with E-state index in [1.54, 1.807) is 6.92 Å². The molecule has 13 heteroatoms. The maximum absolute atomic E-state index is 14.4. The minimum Gasteiger partial charge on any atom is -0.496 e. The maximum Gasteiger partial charge on any atom is 0.398 e. The van der Waals surface area contributed by atoms with Crippen molar-refractivity contribution in [2.45, 2.75) is 24.6 Å². The summed E-state index contributed by atoms with van der Waals surface area (Å²) in [4.78, 5) is 33.5. The highest BCUT2D eigenvalue weighted by molar-refractivity contribution is 6.08. The number of methoxy groups -OCH3 is 1. The number of pyridine rings is 1. The highest BCUT2D eigenvalue weighted by Crippen LogP contribution is 2.46. The zero-order valence-corrected chi connectivity index (χ0v) is 21.9. The highest BCUT2D eigenvalue weighted by Gasteiger charge is 2.45. The standard InChI is InChI=1S/C28H26F4N4O5/c1-27(41-34)14-40-25-20(27)10-22(36-24(25)15-3-6-18(29)7-4-15)21(28(30,31)32)12-35-26(38)16-5-8-19(17(11-33)13-37)23(9-16)39-2/h3-11,13,21H,12,14,33-34H2,1-2H3,(H,35,38)/t21?,27-/m0/s1. The SMILES string of the molecule is COc1cc(C(=O)NCC(c2cc3c(c(-c4ccc(F)cc4)n2)OC[C@]3(C)ON)C(F)(F)F)ccc1C(C=O)=CN. The fourth-order valence-electron chi connectivity index (χ4n) is 4.41. The van der Waals surface area contributed by atoms with Crippen molar-refractivity contribution in [3.63, 3.8) is 0 Å². The molecule has 1 aromatic heterocycles. The largest absolute Gasteiger partial charge is 0.496 e. The number of alkyl halides is 3. The first kappa shape index (κ1) is 29.5. The van der Waals surface area contributed by atoms with Gasteiger partial charge in [0.2, 0.25) is 0 Å². The predicted octanol–water partition coefficient (Wildman–Crippen LogP) is 3.97. The van der Waals surface area contributed by atoms with Gasteiger partial charge in [-0.1, -0.05) is 0 Å². The molecule has 41 heavy (non-hydrogen) atoms. The van der Waals surface area contributed by atoms with Gasteiger partial charge in [-0.05, 0) is 55.5 Å². The van der Waals surface area contributed by atoms with E-state index >= 15 is 0 Å². The third kappa shape index (κ3) is 5.86. The maximum atomic E-state index is 14.4. The molecule has 3 aromatic rings. The van der Waals surface area contributed by atoms with Crippen LogP contribution in [-0.2, 0) is 15.2 Å². The Morgan fingerprint density at radius 1 is 1.22 bits per heavy atom. The van der Waals surface area contributed by atoms with E-state index in [1.807, 2.05) is 0 Å². The summed E-state index contributed by atoms with van der Waals surface area (Å²) in [7, 11) is 1.31. The first-order valence-electron chi connectivity index (χ1n) is 12.2. The normalized spacial score (nSPS) is 17.4. The van der Waals surface area contributed by atoms with Crippen molar-refractivity contribution in [2.24, 2.45) is 11.6 Å². The number of fused-ring (bicyclic) bond motifs is 1. The summed E-state index contributed by atoms with van der Waals surface area (Å²) in [6.45, 7) is 0.591. The third-order valence-electron chi connectivity index (χ3n) is 6.73. The molecule has 1 aliphatic rings. The second-order valence-corrected chi connectivity index (χ2v) is 9.38. The van der Waals surface area contributed by atoms with Crippen LogP contribution in [0.1, 0.15) is 40.0 Å². The lowest BCUT2D eigenvalue weighted by Crippen LogP contribution is -2.36. The molecule has 4 rings (SSSR count). The van der Waals surface area contributed by atoms with Crippen LogP contribution in [0.2, 0.25) is 0 Å². The number of aromatic nitrogens is 1. The summed E-state index contributed by atoms with van der Waals surface area (Å²) in [5, 5.41) is 2.30. The number of ether oxygens (including phenoxy) is 2. The van der Waals surface area contributed by atoms with Crippen molar-refractivity contribution in [2.75, 3.05) is 20.3 Å². The van der Waals surface area contributed by atoms with Crippen LogP contribution in [0.5, 0.6) is 11.5 Å². The van der Waals surface area contributed by atoms with Gasteiger partial charge >= 0.3 is 6.18 Å². The van der Waals surface area contributed by atoms with Gasteiger partial charge in [-0.15, -0.1) is 0 Å². The van der Waals surface area contributed by atoms with E-state index in [9.17, 15) is 27.2 Å². The average molecular weight is 575 g/mol. The molecule has 0 saturated heterocycles. The molecule has 1 aliphatic heterocycles. The Bertz CT molecular complexity index is 1490. The van der Waals surface area contributed by atoms with Gasteiger partial charge in [-0.25, -0.2) is 15.3 Å². The fourth-order valence-corrected chi connectivity index (χ4v) is 4.41. The molecule has 216 valence electrons. The average Bonchev–Trinajstić information content (AvgIpc) is 3.30. The Balaban J connectivity index is 1.71. The van der Waals surface area contributed by atoms with Crippen molar-refractivity contribution in [1.29, 1.82) is 0 Å². The quantitative estimate of drug-likeness (QED) is 0.151. The van der Waals surface area contributed by atoms with Gasteiger partial charge in [0.15, 0.2) is 12.0 Å². The van der Waals surface area contributed by atoms with Gasteiger partial charge < -0.3 is 20.5 Å². The Morgan fingerprint density at radius 3 is 2.51 bits per heavy atom. The summed E-state index contributed by atoms with van der Waals surface area (Å²) in [5.74, 6) is 2.13. The molecule has 0 saturated carbocycles. The number of carbonyl (C=O) groups excluding carboxylic acids is 2. The minimum absolute atomic E-state index is 0.0137. The number of hydrogen-bond donors (Lipinski definition) is 3. The Morgan fingerprint density at radius 2 is 1.93 bits per heavy atom. The first-order chi connectivity index (χ1) is 19.4. The van der Waals surface area contributed by atoms with Crippen molar-refractivity contribution in [1.82, 2.24) is 10.3 Å². The lowest BCUT2D eigenvalue weighted by atomic mass is 9.92. The fraction of sp³-hybridized carbons (Fsp3) is 0.250. The number of benzene rings is 2. The van der Waals surface area contributed by atoms with Crippen LogP contribution in [0.15, 0.2) is 54.7 Å². The summed E-state index contributed by atoms with van der Waals surface area (Å²) < 4.78 is 67.7. The molecule has 0 aliphatic carbocycles. The highest BCUT2D eigenvalue weighted by atomic mass is 19.4. The number of rotatable bonds is 9. The van der Waals surface area contributed by atoms with Gasteiger partial charge in [0.05, 0.1) is 12.8 Å². The van der Waals surface area contributed by atoms with E-state index in [1.165, 1.54) is 43.5 Å². The second kappa shape index (κ2) is 11.6. The molecule has 0 fully saturated rings. The Hall–Kier alpha value is -4.49. The lowest BCUT2D eigenvalue weighted by Gasteiger charge is -2.24. The van der Waals surface area contributed by atoms with Crippen LogP contribution in [0.25, 0.3) is 16.8 Å². The van der Waals surface area contributed by atoms with Crippen LogP contribution in [0, 0.1) is 5.82 Å². The van der Waals surface area contributed by atoms with Crippen molar-refractivity contribution in [3.05, 3.63) is 82.9 Å². The van der Waals surface area contributed by atoms with Crippen LogP contribution < -0.4 is 26.4 Å². The summed E-state index contributed by atoms with van der Waals surface area (Å²) in [5.41, 5.74) is 4.70. The predicted molar refractivity (Wildman–Crippen MR) is 140 cm³/mol. The van der Waals surface area contributed by atoms with E-state index in [2.05, 4.69) is 10.3 Å². The summed E-state index contributed by atoms with van der Waals surface area (Å²) in [6.07, 6.45) is -3.27. The molecule has 1 unspecified atom stereocenters. The smallest absolute Gasteiger partial charge is 0.398 e. The van der Waals surface area contributed by atoms with Gasteiger partial charge in [-0.3, -0.25) is 14.4 Å². The lowest BCUT2D eigenvalue weighted by molar-refractivity contribution is -0.149. The number of nitrogens with two attached hydrogens (primary N) is 2. The number of amides is 1. The number of carbonyl (C=O) groups is 2. The van der Waals surface area contributed by atoms with Crippen LogP contribution in [0.4, 0.5) is 17.6 Å². The minimum atomic E-state index is -4.83. The van der Waals surface area contributed by atoms with E-state index in [-0.39, 0.29) is 40.5 Å². The van der Waals surface area contributed by atoms with Crippen LogP contribution in [-0.4, -0.2) is 43.6 Å². The first-order valence-corrected chi connectivity index (χ1v) is 12.2. The van der Waals surface area contributed by atoms with Gasteiger partial charge in [-0.2, -0.15) is 13.2 Å². The van der Waals surface area contributed by atoms with Crippen molar-refractivity contribution >= 4 is 17.8 Å². The molecule has 2 heterocycles. The summed E-state index contributed by atoms with van der Waals surface area (Å²) in [6, 6.07) is 10.2. The van der Waals surface area contributed by atoms with Crippen LogP contribution in [0.3, 0.4) is 0 Å². The molecule has 1 amide bonds. The number of aldehydes is 1. The van der Waals surface area contributed by atoms with Gasteiger partial charge in [0.25, 0.3) is 5.91 Å². The third-order valence-corrected chi connectivity index (χ3v) is 6.73.